The fourth-order valence-electron chi connectivity index (χ4n) is 2.74. The van der Waals surface area contributed by atoms with Gasteiger partial charge in [-0.2, -0.15) is 0 Å². The van der Waals surface area contributed by atoms with Gasteiger partial charge >= 0.3 is 0 Å². The monoisotopic (exact) mass is 323 g/mol. The van der Waals surface area contributed by atoms with Gasteiger partial charge in [0.05, 0.1) is 12.1 Å². The van der Waals surface area contributed by atoms with Crippen molar-refractivity contribution in [2.24, 2.45) is 4.99 Å². The molecule has 1 aliphatic rings. The van der Waals surface area contributed by atoms with E-state index in [-0.39, 0.29) is 0 Å². The number of halogens is 1. The van der Waals surface area contributed by atoms with Gasteiger partial charge < -0.3 is 15.7 Å². The van der Waals surface area contributed by atoms with Crippen LogP contribution < -0.4 is 10.6 Å². The molecule has 0 spiro atoms. The van der Waals surface area contributed by atoms with Crippen molar-refractivity contribution in [2.75, 3.05) is 13.1 Å². The van der Waals surface area contributed by atoms with Crippen LogP contribution in [0.4, 0.5) is 0 Å². The quantitative estimate of drug-likeness (QED) is 0.576. The molecule has 0 saturated heterocycles. The van der Waals surface area contributed by atoms with Crippen molar-refractivity contribution in [3.05, 3.63) is 34.9 Å². The molecule has 1 saturated carbocycles. The predicted octanol–water partition coefficient (Wildman–Crippen LogP) is 3.09. The number of rotatable bonds is 5. The van der Waals surface area contributed by atoms with E-state index in [1.807, 2.05) is 31.2 Å². The minimum Gasteiger partial charge on any atom is -0.388 e. The molecule has 1 aliphatic carbocycles. The van der Waals surface area contributed by atoms with Gasteiger partial charge in [-0.3, -0.25) is 0 Å². The van der Waals surface area contributed by atoms with Crippen molar-refractivity contribution in [2.45, 2.75) is 51.2 Å². The molecule has 1 aromatic carbocycles. The summed E-state index contributed by atoms with van der Waals surface area (Å²) in [7, 11) is 0. The third kappa shape index (κ3) is 5.50. The second kappa shape index (κ2) is 8.39. The van der Waals surface area contributed by atoms with Gasteiger partial charge in [0.1, 0.15) is 0 Å². The Bertz CT molecular complexity index is 481. The van der Waals surface area contributed by atoms with E-state index in [9.17, 15) is 5.11 Å². The van der Waals surface area contributed by atoms with Gasteiger partial charge in [0.15, 0.2) is 5.96 Å². The third-order valence-electron chi connectivity index (χ3n) is 4.05. The summed E-state index contributed by atoms with van der Waals surface area (Å²) in [5.74, 6) is 0.747. The van der Waals surface area contributed by atoms with Gasteiger partial charge in [0, 0.05) is 18.1 Å². The third-order valence-corrected chi connectivity index (χ3v) is 4.30. The van der Waals surface area contributed by atoms with E-state index in [0.29, 0.717) is 13.1 Å². The summed E-state index contributed by atoms with van der Waals surface area (Å²) in [5.41, 5.74) is 0.521. The number of benzene rings is 1. The van der Waals surface area contributed by atoms with Gasteiger partial charge in [-0.25, -0.2) is 4.99 Å². The van der Waals surface area contributed by atoms with Crippen molar-refractivity contribution in [1.82, 2.24) is 10.6 Å². The van der Waals surface area contributed by atoms with E-state index in [1.165, 1.54) is 6.42 Å². The molecule has 0 unspecified atom stereocenters. The minimum absolute atomic E-state index is 0.555. The Morgan fingerprint density at radius 2 is 1.86 bits per heavy atom. The molecule has 1 fully saturated rings. The summed E-state index contributed by atoms with van der Waals surface area (Å²) in [4.78, 5) is 4.57. The zero-order valence-electron chi connectivity index (χ0n) is 13.2. The molecule has 4 nitrogen and oxygen atoms in total. The van der Waals surface area contributed by atoms with E-state index < -0.39 is 5.60 Å². The van der Waals surface area contributed by atoms with Gasteiger partial charge in [0.2, 0.25) is 0 Å². The van der Waals surface area contributed by atoms with Crippen molar-refractivity contribution in [3.63, 3.8) is 0 Å². The smallest absolute Gasteiger partial charge is 0.191 e. The molecule has 0 atom stereocenters. The predicted molar refractivity (Wildman–Crippen MR) is 92.3 cm³/mol. The molecule has 5 heteroatoms. The molecule has 1 aromatic rings. The Balaban J connectivity index is 1.90. The molecular formula is C17H26ClN3O. The second-order valence-electron chi connectivity index (χ2n) is 5.96. The maximum absolute atomic E-state index is 10.5. The van der Waals surface area contributed by atoms with Crippen LogP contribution in [0.15, 0.2) is 29.3 Å². The molecule has 3 N–H and O–H groups in total. The lowest BCUT2D eigenvalue weighted by Crippen LogP contribution is -2.48. The molecule has 2 rings (SSSR count). The number of nitrogens with one attached hydrogen (secondary N) is 2. The van der Waals surface area contributed by atoms with Gasteiger partial charge in [-0.15, -0.1) is 0 Å². The molecule has 122 valence electrons. The Morgan fingerprint density at radius 3 is 2.50 bits per heavy atom. The van der Waals surface area contributed by atoms with E-state index in [2.05, 4.69) is 15.6 Å². The maximum Gasteiger partial charge on any atom is 0.191 e. The van der Waals surface area contributed by atoms with E-state index in [0.717, 1.165) is 48.8 Å². The number of hydrogen-bond acceptors (Lipinski definition) is 2. The Kier molecular flexibility index (Phi) is 6.52. The highest BCUT2D eigenvalue weighted by atomic mass is 35.5. The Hall–Kier alpha value is -1.26. The lowest BCUT2D eigenvalue weighted by molar-refractivity contribution is 0.00859. The van der Waals surface area contributed by atoms with Crippen molar-refractivity contribution >= 4 is 17.6 Å². The first-order valence-corrected chi connectivity index (χ1v) is 8.48. The van der Waals surface area contributed by atoms with Crippen LogP contribution in [0.1, 0.15) is 44.6 Å². The van der Waals surface area contributed by atoms with E-state index in [4.69, 9.17) is 11.6 Å². The van der Waals surface area contributed by atoms with Crippen LogP contribution in [0, 0.1) is 0 Å². The highest BCUT2D eigenvalue weighted by Crippen LogP contribution is 2.27. The number of guanidine groups is 1. The standard InChI is InChI=1S/C17H26ClN3O/c1-2-19-16(20-12-14-6-8-15(18)9-7-14)21-13-17(22)10-4-3-5-11-17/h6-9,22H,2-5,10-13H2,1H3,(H2,19,20,21). The van der Waals surface area contributed by atoms with E-state index in [1.54, 1.807) is 0 Å². The molecule has 0 aromatic heterocycles. The molecule has 0 bridgehead atoms. The summed E-state index contributed by atoms with van der Waals surface area (Å²) in [6, 6.07) is 7.70. The molecular weight excluding hydrogens is 298 g/mol. The summed E-state index contributed by atoms with van der Waals surface area (Å²) < 4.78 is 0. The second-order valence-corrected chi connectivity index (χ2v) is 6.40. The summed E-state index contributed by atoms with van der Waals surface area (Å²) in [5, 5.41) is 17.8. The SMILES string of the molecule is CCNC(=NCc1ccc(Cl)cc1)NCC1(O)CCCCC1. The van der Waals surface area contributed by atoms with Crippen LogP contribution in [0.2, 0.25) is 5.02 Å². The Morgan fingerprint density at radius 1 is 1.18 bits per heavy atom. The maximum atomic E-state index is 10.5. The largest absolute Gasteiger partial charge is 0.388 e. The first kappa shape index (κ1) is 17.1. The molecule has 22 heavy (non-hydrogen) atoms. The normalized spacial score (nSPS) is 18.0. The highest BCUT2D eigenvalue weighted by molar-refractivity contribution is 6.30. The van der Waals surface area contributed by atoms with Crippen LogP contribution in [-0.2, 0) is 6.54 Å². The first-order chi connectivity index (χ1) is 10.6. The average molecular weight is 324 g/mol. The first-order valence-electron chi connectivity index (χ1n) is 8.10. The van der Waals surface area contributed by atoms with Crippen molar-refractivity contribution in [3.8, 4) is 0 Å². The molecule has 0 amide bonds. The fourth-order valence-corrected chi connectivity index (χ4v) is 2.86. The number of aliphatic imine (C=N–C) groups is 1. The molecule has 0 radical (unpaired) electrons. The number of nitrogens with zero attached hydrogens (tertiary/aromatic N) is 1. The van der Waals surface area contributed by atoms with Crippen LogP contribution >= 0.6 is 11.6 Å². The van der Waals surface area contributed by atoms with Crippen molar-refractivity contribution < 1.29 is 5.11 Å². The summed E-state index contributed by atoms with van der Waals surface area (Å²) >= 11 is 5.89. The van der Waals surface area contributed by atoms with Crippen LogP contribution in [0.25, 0.3) is 0 Å². The number of hydrogen-bond donors (Lipinski definition) is 3. The van der Waals surface area contributed by atoms with Gasteiger partial charge in [0.25, 0.3) is 0 Å². The topological polar surface area (TPSA) is 56.7 Å². The molecule has 0 heterocycles. The zero-order chi connectivity index (χ0) is 15.8. The Labute approximate surface area is 138 Å². The van der Waals surface area contributed by atoms with Crippen LogP contribution in [0.3, 0.4) is 0 Å². The van der Waals surface area contributed by atoms with Crippen molar-refractivity contribution in [1.29, 1.82) is 0 Å². The lowest BCUT2D eigenvalue weighted by atomic mass is 9.85. The summed E-state index contributed by atoms with van der Waals surface area (Å²) in [6.07, 6.45) is 5.19. The zero-order valence-corrected chi connectivity index (χ0v) is 14.0. The van der Waals surface area contributed by atoms with Crippen LogP contribution in [0.5, 0.6) is 0 Å². The average Bonchev–Trinajstić information content (AvgIpc) is 2.52. The molecule has 0 aliphatic heterocycles. The van der Waals surface area contributed by atoms with E-state index >= 15 is 0 Å². The minimum atomic E-state index is -0.589. The lowest BCUT2D eigenvalue weighted by Gasteiger charge is -2.32. The van der Waals surface area contributed by atoms with Gasteiger partial charge in [-0.1, -0.05) is 43.0 Å². The van der Waals surface area contributed by atoms with Crippen LogP contribution in [-0.4, -0.2) is 29.8 Å². The van der Waals surface area contributed by atoms with Gasteiger partial charge in [-0.05, 0) is 37.5 Å². The summed E-state index contributed by atoms with van der Waals surface area (Å²) in [6.45, 7) is 3.98. The highest BCUT2D eigenvalue weighted by Gasteiger charge is 2.29. The number of aliphatic hydroxyl groups is 1. The fraction of sp³-hybridized carbons (Fsp3) is 0.588.